The molecule has 0 aromatic heterocycles. The van der Waals surface area contributed by atoms with Gasteiger partial charge in [0.15, 0.2) is 5.96 Å². The number of nitrogens with one attached hydrogen (secondary N) is 5. The van der Waals surface area contributed by atoms with Crippen molar-refractivity contribution in [2.45, 2.75) is 76.2 Å². The molecule has 1 saturated carbocycles. The van der Waals surface area contributed by atoms with Crippen LogP contribution in [0.1, 0.15) is 61.6 Å². The number of nitrogens with zero attached hydrogens (tertiary/aromatic N) is 1. The lowest BCUT2D eigenvalue weighted by Crippen LogP contribution is -2.57. The normalized spacial score (nSPS) is 14.6. The first kappa shape index (κ1) is 43.5. The molecule has 0 bridgehead atoms. The van der Waals surface area contributed by atoms with Gasteiger partial charge < -0.3 is 43.2 Å². The Bertz CT molecular complexity index is 1570. The molecule has 53 heavy (non-hydrogen) atoms. The molecule has 3 rings (SSSR count). The van der Waals surface area contributed by atoms with Crippen LogP contribution >= 0.6 is 0 Å². The molecular formula is C35H48F3N9O6. The van der Waals surface area contributed by atoms with Crippen molar-refractivity contribution in [2.75, 3.05) is 13.6 Å². The molecular weight excluding hydrogens is 699 g/mol. The topological polar surface area (TPSA) is 271 Å². The summed E-state index contributed by atoms with van der Waals surface area (Å²) in [7, 11) is 1.64. The van der Waals surface area contributed by atoms with Gasteiger partial charge in [-0.05, 0) is 49.1 Å². The average molecular weight is 748 g/mol. The minimum absolute atomic E-state index is 0.0635. The number of carbonyl (C=O) groups is 5. The number of halogens is 3. The summed E-state index contributed by atoms with van der Waals surface area (Å²) in [6.45, 7) is 0.615. The van der Waals surface area contributed by atoms with Gasteiger partial charge in [-0.2, -0.15) is 13.2 Å². The SMILES string of the molecule is CN(Cc1ccccc1)C(=O)C(Cc1ccc(C(=N)N)cc1)C(=O)N[C@H](C(=O)N[C@@H](CCCNC(=N)N)C(N)=O)C1CCCCC1.O=C(O)C(F)(F)F. The molecule has 18 heteroatoms. The second-order valence-electron chi connectivity index (χ2n) is 12.7. The Hall–Kier alpha value is -5.68. The fourth-order valence-electron chi connectivity index (χ4n) is 5.74. The van der Waals surface area contributed by atoms with Gasteiger partial charge in [-0.25, -0.2) is 4.79 Å². The highest BCUT2D eigenvalue weighted by atomic mass is 19.4. The smallest absolute Gasteiger partial charge is 0.475 e. The molecule has 15 nitrogen and oxygen atoms in total. The molecule has 0 spiro atoms. The Morgan fingerprint density at radius 1 is 0.887 bits per heavy atom. The van der Waals surface area contributed by atoms with Gasteiger partial charge in [0.1, 0.15) is 23.8 Å². The van der Waals surface area contributed by atoms with Crippen LogP contribution in [0.25, 0.3) is 0 Å². The van der Waals surface area contributed by atoms with Crippen molar-refractivity contribution < 1.29 is 42.3 Å². The molecule has 12 N–H and O–H groups in total. The summed E-state index contributed by atoms with van der Waals surface area (Å²) >= 11 is 0. The van der Waals surface area contributed by atoms with Crippen LogP contribution in [0.5, 0.6) is 0 Å². The number of nitrogen functional groups attached to an aromatic ring is 1. The van der Waals surface area contributed by atoms with E-state index in [0.717, 1.165) is 24.8 Å². The van der Waals surface area contributed by atoms with E-state index >= 15 is 0 Å². The number of amidine groups is 1. The van der Waals surface area contributed by atoms with Gasteiger partial charge in [-0.1, -0.05) is 73.9 Å². The van der Waals surface area contributed by atoms with E-state index in [1.165, 1.54) is 4.90 Å². The minimum Gasteiger partial charge on any atom is -0.475 e. The van der Waals surface area contributed by atoms with Gasteiger partial charge >= 0.3 is 12.1 Å². The molecule has 2 aromatic rings. The molecule has 0 radical (unpaired) electrons. The van der Waals surface area contributed by atoms with Crippen molar-refractivity contribution in [3.63, 3.8) is 0 Å². The first-order chi connectivity index (χ1) is 24.9. The molecule has 4 amide bonds. The van der Waals surface area contributed by atoms with Crippen molar-refractivity contribution in [3.8, 4) is 0 Å². The van der Waals surface area contributed by atoms with E-state index in [1.807, 2.05) is 30.3 Å². The second kappa shape index (κ2) is 21.0. The second-order valence-corrected chi connectivity index (χ2v) is 12.7. The lowest BCUT2D eigenvalue weighted by atomic mass is 9.83. The lowest BCUT2D eigenvalue weighted by molar-refractivity contribution is -0.192. The largest absolute Gasteiger partial charge is 0.490 e. The average Bonchev–Trinajstić information content (AvgIpc) is 3.11. The van der Waals surface area contributed by atoms with Crippen LogP contribution in [0.2, 0.25) is 0 Å². The number of carboxylic acids is 1. The molecule has 3 atom stereocenters. The van der Waals surface area contributed by atoms with E-state index in [2.05, 4.69) is 16.0 Å². The number of aliphatic carboxylic acids is 1. The van der Waals surface area contributed by atoms with Crippen LogP contribution in [0.3, 0.4) is 0 Å². The third-order valence-corrected chi connectivity index (χ3v) is 8.55. The summed E-state index contributed by atoms with van der Waals surface area (Å²) in [4.78, 5) is 64.3. The lowest BCUT2D eigenvalue weighted by Gasteiger charge is -2.32. The van der Waals surface area contributed by atoms with Crippen molar-refractivity contribution >= 4 is 41.4 Å². The van der Waals surface area contributed by atoms with E-state index in [-0.39, 0.29) is 37.1 Å². The third-order valence-electron chi connectivity index (χ3n) is 8.55. The van der Waals surface area contributed by atoms with Gasteiger partial charge in [-0.3, -0.25) is 30.0 Å². The third kappa shape index (κ3) is 15.2. The maximum atomic E-state index is 14.0. The zero-order valence-electron chi connectivity index (χ0n) is 29.4. The molecule has 1 aliphatic carbocycles. The molecule has 0 saturated heterocycles. The summed E-state index contributed by atoms with van der Waals surface area (Å²) in [6.07, 6.45) is -0.158. The van der Waals surface area contributed by atoms with Crippen LogP contribution < -0.4 is 33.2 Å². The Morgan fingerprint density at radius 3 is 1.98 bits per heavy atom. The van der Waals surface area contributed by atoms with Gasteiger partial charge in [-0.15, -0.1) is 0 Å². The molecule has 0 aliphatic heterocycles. The number of carbonyl (C=O) groups excluding carboxylic acids is 4. The van der Waals surface area contributed by atoms with Crippen LogP contribution in [0.15, 0.2) is 54.6 Å². The number of carboxylic acid groups (broad SMARTS) is 1. The maximum absolute atomic E-state index is 14.0. The van der Waals surface area contributed by atoms with Crippen molar-refractivity contribution in [2.24, 2.45) is 29.0 Å². The first-order valence-electron chi connectivity index (χ1n) is 16.9. The summed E-state index contributed by atoms with van der Waals surface area (Å²) in [6, 6.07) is 14.3. The standard InChI is InChI=1S/C33H47N9O4.C2HF3O2/c1-42(20-22-9-4-2-5-10-22)32(46)25(19-21-14-16-24(17-15-21)28(34)35)30(44)41-27(23-11-6-3-7-12-23)31(45)40-26(29(36)43)13-8-18-39-33(37)38;3-2(4,5)1(6)7/h2,4-5,9-10,14-17,23,25-27H,3,6-8,11-13,18-20H2,1H3,(H3,34,35)(H2,36,43)(H,40,45)(H,41,44)(H4,37,38,39);(H,6,7)/t25?,26-,27-;/m0./s1. The van der Waals surface area contributed by atoms with Crippen molar-refractivity contribution in [1.29, 1.82) is 10.8 Å². The monoisotopic (exact) mass is 747 g/mol. The summed E-state index contributed by atoms with van der Waals surface area (Å²) in [5.74, 6) is -6.63. The van der Waals surface area contributed by atoms with Gasteiger partial charge in [0.2, 0.25) is 23.6 Å². The number of rotatable bonds is 16. The molecule has 0 heterocycles. The molecule has 1 aliphatic rings. The van der Waals surface area contributed by atoms with E-state index in [1.54, 1.807) is 31.3 Å². The molecule has 1 unspecified atom stereocenters. The van der Waals surface area contributed by atoms with Crippen LogP contribution in [0.4, 0.5) is 13.2 Å². The summed E-state index contributed by atoms with van der Waals surface area (Å²) in [5.41, 5.74) is 18.6. The highest BCUT2D eigenvalue weighted by molar-refractivity contribution is 6.02. The minimum atomic E-state index is -5.08. The molecule has 2 aromatic carbocycles. The predicted octanol–water partition coefficient (Wildman–Crippen LogP) is 1.72. The number of hydrogen-bond acceptors (Lipinski definition) is 7. The van der Waals surface area contributed by atoms with E-state index in [4.69, 9.17) is 37.9 Å². The van der Waals surface area contributed by atoms with E-state index in [9.17, 15) is 32.3 Å². The van der Waals surface area contributed by atoms with Crippen LogP contribution in [-0.4, -0.2) is 83.3 Å². The summed E-state index contributed by atoms with van der Waals surface area (Å²) in [5, 5.41) is 30.4. The number of nitrogens with two attached hydrogens (primary N) is 3. The Kier molecular flexibility index (Phi) is 17.2. The van der Waals surface area contributed by atoms with E-state index < -0.39 is 53.8 Å². The Morgan fingerprint density at radius 2 is 1.47 bits per heavy atom. The van der Waals surface area contributed by atoms with Gasteiger partial charge in [0, 0.05) is 25.7 Å². The van der Waals surface area contributed by atoms with Crippen LogP contribution in [-0.2, 0) is 36.9 Å². The number of hydrogen-bond donors (Lipinski definition) is 9. The van der Waals surface area contributed by atoms with Gasteiger partial charge in [0.05, 0.1) is 0 Å². The zero-order valence-corrected chi connectivity index (χ0v) is 29.4. The maximum Gasteiger partial charge on any atom is 0.490 e. The quantitative estimate of drug-likeness (QED) is 0.0523. The predicted molar refractivity (Wildman–Crippen MR) is 190 cm³/mol. The number of primary amides is 1. The summed E-state index contributed by atoms with van der Waals surface area (Å²) < 4.78 is 31.7. The molecule has 1 fully saturated rings. The van der Waals surface area contributed by atoms with E-state index in [0.29, 0.717) is 36.9 Å². The van der Waals surface area contributed by atoms with Crippen molar-refractivity contribution in [3.05, 3.63) is 71.3 Å². The number of benzene rings is 2. The number of amides is 4. The highest BCUT2D eigenvalue weighted by Crippen LogP contribution is 2.27. The van der Waals surface area contributed by atoms with Gasteiger partial charge in [0.25, 0.3) is 0 Å². The number of guanidine groups is 1. The highest BCUT2D eigenvalue weighted by Gasteiger charge is 2.39. The number of alkyl halides is 3. The molecule has 290 valence electrons. The fourth-order valence-corrected chi connectivity index (χ4v) is 5.74. The van der Waals surface area contributed by atoms with Crippen LogP contribution in [0, 0.1) is 22.7 Å². The Labute approximate surface area is 305 Å². The Balaban J connectivity index is 0.00000126. The first-order valence-corrected chi connectivity index (χ1v) is 16.9. The van der Waals surface area contributed by atoms with Crippen molar-refractivity contribution in [1.82, 2.24) is 20.9 Å². The fraction of sp³-hybridized carbons (Fsp3) is 0.457. The zero-order chi connectivity index (χ0) is 39.7.